The fourth-order valence-electron chi connectivity index (χ4n) is 2.09. The molecule has 1 atom stereocenters. The molecule has 1 aromatic rings. The van der Waals surface area contributed by atoms with Crippen molar-refractivity contribution in [2.75, 3.05) is 25.2 Å². The summed E-state index contributed by atoms with van der Waals surface area (Å²) in [6.45, 7) is -0.0937. The van der Waals surface area contributed by atoms with E-state index < -0.39 is 9.84 Å². The van der Waals surface area contributed by atoms with Gasteiger partial charge in [0.15, 0.2) is 16.4 Å². The Kier molecular flexibility index (Phi) is 4.70. The van der Waals surface area contributed by atoms with E-state index in [9.17, 15) is 13.2 Å². The van der Waals surface area contributed by atoms with Crippen molar-refractivity contribution in [1.82, 2.24) is 4.90 Å². The number of amides is 1. The number of carbonyl (C=O) groups is 1. The molecular formula is C13H16BrNO4S. The Morgan fingerprint density at radius 2 is 2.25 bits per heavy atom. The molecule has 20 heavy (non-hydrogen) atoms. The lowest BCUT2D eigenvalue weighted by molar-refractivity contribution is -0.133. The Morgan fingerprint density at radius 1 is 1.50 bits per heavy atom. The van der Waals surface area contributed by atoms with Crippen molar-refractivity contribution in [3.05, 3.63) is 28.7 Å². The van der Waals surface area contributed by atoms with E-state index in [1.807, 2.05) is 12.1 Å². The van der Waals surface area contributed by atoms with Gasteiger partial charge < -0.3 is 9.64 Å². The molecule has 0 aliphatic carbocycles. The van der Waals surface area contributed by atoms with Crippen LogP contribution >= 0.6 is 15.9 Å². The van der Waals surface area contributed by atoms with Crippen molar-refractivity contribution < 1.29 is 17.9 Å². The minimum atomic E-state index is -2.99. The van der Waals surface area contributed by atoms with Gasteiger partial charge in [-0.15, -0.1) is 0 Å². The van der Waals surface area contributed by atoms with Crippen LogP contribution in [0.15, 0.2) is 28.7 Å². The molecule has 1 amide bonds. The zero-order chi connectivity index (χ0) is 14.8. The van der Waals surface area contributed by atoms with E-state index >= 15 is 0 Å². The third kappa shape index (κ3) is 3.96. The second-order valence-electron chi connectivity index (χ2n) is 4.81. The van der Waals surface area contributed by atoms with E-state index in [2.05, 4.69) is 15.9 Å². The predicted octanol–water partition coefficient (Wildman–Crippen LogP) is 1.47. The second kappa shape index (κ2) is 6.13. The summed E-state index contributed by atoms with van der Waals surface area (Å²) in [5, 5.41) is 0. The number of rotatable bonds is 4. The van der Waals surface area contributed by atoms with Crippen molar-refractivity contribution in [1.29, 1.82) is 0 Å². The van der Waals surface area contributed by atoms with E-state index in [0.717, 1.165) is 4.47 Å². The van der Waals surface area contributed by atoms with Crippen molar-refractivity contribution in [2.45, 2.75) is 12.5 Å². The first-order chi connectivity index (χ1) is 9.37. The number of nitrogens with zero attached hydrogens (tertiary/aromatic N) is 1. The molecule has 0 bridgehead atoms. The van der Waals surface area contributed by atoms with Crippen LogP contribution in [0.2, 0.25) is 0 Å². The Morgan fingerprint density at radius 3 is 2.85 bits per heavy atom. The molecule has 0 aromatic heterocycles. The van der Waals surface area contributed by atoms with Gasteiger partial charge in [-0.25, -0.2) is 8.42 Å². The van der Waals surface area contributed by atoms with E-state index in [1.54, 1.807) is 19.2 Å². The predicted molar refractivity (Wildman–Crippen MR) is 79.5 cm³/mol. The van der Waals surface area contributed by atoms with Gasteiger partial charge in [0.05, 0.1) is 11.5 Å². The molecule has 1 saturated heterocycles. The van der Waals surface area contributed by atoms with Crippen molar-refractivity contribution in [2.24, 2.45) is 0 Å². The molecule has 1 fully saturated rings. The molecule has 0 radical (unpaired) electrons. The summed E-state index contributed by atoms with van der Waals surface area (Å²) in [5.41, 5.74) is 0. The Hall–Kier alpha value is -1.08. The van der Waals surface area contributed by atoms with Crippen LogP contribution in [0.1, 0.15) is 6.42 Å². The van der Waals surface area contributed by atoms with Crippen LogP contribution in [0.25, 0.3) is 0 Å². The highest BCUT2D eigenvalue weighted by Gasteiger charge is 2.32. The van der Waals surface area contributed by atoms with Crippen LogP contribution in [-0.4, -0.2) is 50.4 Å². The molecule has 1 aromatic carbocycles. The fourth-order valence-corrected chi connectivity index (χ4v) is 4.24. The first-order valence-corrected chi connectivity index (χ1v) is 8.83. The standard InChI is InChI=1S/C13H16BrNO4S/c1-15(11-5-6-20(17,18)9-11)13(16)8-19-12-4-2-3-10(14)7-12/h2-4,7,11H,5-6,8-9H2,1H3/t11-/m0/s1. The van der Waals surface area contributed by atoms with Gasteiger partial charge >= 0.3 is 0 Å². The van der Waals surface area contributed by atoms with Crippen LogP contribution in [-0.2, 0) is 14.6 Å². The number of benzene rings is 1. The number of sulfone groups is 1. The number of hydrogen-bond donors (Lipinski definition) is 0. The molecule has 110 valence electrons. The second-order valence-corrected chi connectivity index (χ2v) is 7.95. The maximum atomic E-state index is 12.0. The molecule has 2 rings (SSSR count). The summed E-state index contributed by atoms with van der Waals surface area (Å²) in [6.07, 6.45) is 0.501. The molecule has 1 aliphatic heterocycles. The highest BCUT2D eigenvalue weighted by atomic mass is 79.9. The van der Waals surface area contributed by atoms with Crippen LogP contribution in [0.5, 0.6) is 5.75 Å². The minimum Gasteiger partial charge on any atom is -0.484 e. The number of hydrogen-bond acceptors (Lipinski definition) is 4. The highest BCUT2D eigenvalue weighted by Crippen LogP contribution is 2.19. The molecule has 5 nitrogen and oxygen atoms in total. The van der Waals surface area contributed by atoms with E-state index in [1.165, 1.54) is 4.90 Å². The summed E-state index contributed by atoms with van der Waals surface area (Å²) in [7, 11) is -1.36. The minimum absolute atomic E-state index is 0.0477. The first-order valence-electron chi connectivity index (χ1n) is 6.22. The summed E-state index contributed by atoms with van der Waals surface area (Å²) < 4.78 is 29.1. The Bertz CT molecular complexity index is 602. The Balaban J connectivity index is 1.89. The zero-order valence-electron chi connectivity index (χ0n) is 11.1. The van der Waals surface area contributed by atoms with Crippen molar-refractivity contribution >= 4 is 31.7 Å². The number of likely N-dealkylation sites (N-methyl/N-ethyl adjacent to an activating group) is 1. The number of halogens is 1. The van der Waals surface area contributed by atoms with Crippen LogP contribution in [0, 0.1) is 0 Å². The quantitative estimate of drug-likeness (QED) is 0.814. The third-order valence-electron chi connectivity index (χ3n) is 3.31. The normalized spacial score (nSPS) is 20.6. The van der Waals surface area contributed by atoms with E-state index in [0.29, 0.717) is 12.2 Å². The largest absolute Gasteiger partial charge is 0.484 e. The highest BCUT2D eigenvalue weighted by molar-refractivity contribution is 9.10. The topological polar surface area (TPSA) is 63.7 Å². The first kappa shape index (κ1) is 15.3. The molecule has 0 saturated carbocycles. The van der Waals surface area contributed by atoms with E-state index in [-0.39, 0.29) is 30.1 Å². The molecular weight excluding hydrogens is 346 g/mol. The lowest BCUT2D eigenvalue weighted by Crippen LogP contribution is -2.40. The average Bonchev–Trinajstić information content (AvgIpc) is 2.75. The lowest BCUT2D eigenvalue weighted by Gasteiger charge is -2.23. The fraction of sp³-hybridized carbons (Fsp3) is 0.462. The van der Waals surface area contributed by atoms with Crippen molar-refractivity contribution in [3.8, 4) is 5.75 Å². The molecule has 0 N–H and O–H groups in total. The smallest absolute Gasteiger partial charge is 0.260 e. The van der Waals surface area contributed by atoms with Gasteiger partial charge in [0, 0.05) is 17.6 Å². The SMILES string of the molecule is CN(C(=O)COc1cccc(Br)c1)[C@H]1CCS(=O)(=O)C1. The zero-order valence-corrected chi connectivity index (χ0v) is 13.5. The van der Waals surface area contributed by atoms with Gasteiger partial charge in [-0.3, -0.25) is 4.79 Å². The maximum Gasteiger partial charge on any atom is 0.260 e. The third-order valence-corrected chi connectivity index (χ3v) is 5.55. The molecule has 7 heteroatoms. The van der Waals surface area contributed by atoms with Crippen LogP contribution in [0.4, 0.5) is 0 Å². The molecule has 1 aliphatic rings. The van der Waals surface area contributed by atoms with Gasteiger partial charge in [0.25, 0.3) is 5.91 Å². The molecule has 0 spiro atoms. The summed E-state index contributed by atoms with van der Waals surface area (Å²) in [5.74, 6) is 0.584. The Labute approximate surface area is 127 Å². The molecule has 0 unspecified atom stereocenters. The van der Waals surface area contributed by atoms with E-state index in [4.69, 9.17) is 4.74 Å². The van der Waals surface area contributed by atoms with Crippen LogP contribution in [0.3, 0.4) is 0 Å². The van der Waals surface area contributed by atoms with Crippen LogP contribution < -0.4 is 4.74 Å². The number of ether oxygens (including phenoxy) is 1. The number of carbonyl (C=O) groups excluding carboxylic acids is 1. The summed E-state index contributed by atoms with van der Waals surface area (Å²) in [4.78, 5) is 13.5. The van der Waals surface area contributed by atoms with Crippen molar-refractivity contribution in [3.63, 3.8) is 0 Å². The van der Waals surface area contributed by atoms with Gasteiger partial charge in [0.1, 0.15) is 5.75 Å². The lowest BCUT2D eigenvalue weighted by atomic mass is 10.2. The summed E-state index contributed by atoms with van der Waals surface area (Å²) >= 11 is 3.32. The van der Waals surface area contributed by atoms with Gasteiger partial charge in [-0.05, 0) is 24.6 Å². The summed E-state index contributed by atoms with van der Waals surface area (Å²) in [6, 6.07) is 6.98. The van der Waals surface area contributed by atoms with Gasteiger partial charge in [0.2, 0.25) is 0 Å². The average molecular weight is 362 g/mol. The van der Waals surface area contributed by atoms with Gasteiger partial charge in [-0.2, -0.15) is 0 Å². The monoisotopic (exact) mass is 361 g/mol. The maximum absolute atomic E-state index is 12.0. The molecule has 1 heterocycles. The van der Waals surface area contributed by atoms with Gasteiger partial charge in [-0.1, -0.05) is 22.0 Å².